The number of hydrogen-bond acceptors (Lipinski definition) is 5. The number of aryl methyl sites for hydroxylation is 1. The Morgan fingerprint density at radius 3 is 2.86 bits per heavy atom. The van der Waals surface area contributed by atoms with E-state index in [0.29, 0.717) is 10.7 Å². The van der Waals surface area contributed by atoms with E-state index >= 15 is 0 Å². The molecule has 0 spiro atoms. The van der Waals surface area contributed by atoms with E-state index in [4.69, 9.17) is 16.7 Å². The number of pyridine rings is 1. The Balaban J connectivity index is 2.09. The van der Waals surface area contributed by atoms with E-state index in [0.717, 1.165) is 23.6 Å². The van der Waals surface area contributed by atoms with Crippen LogP contribution in [0, 0.1) is 12.7 Å². The summed E-state index contributed by atoms with van der Waals surface area (Å²) >= 11 is 6.68. The summed E-state index contributed by atoms with van der Waals surface area (Å²) in [5.41, 5.74) is 0.283. The number of carboxylic acid groups (broad SMARTS) is 1. The van der Waals surface area contributed by atoms with Crippen molar-refractivity contribution in [2.45, 2.75) is 13.5 Å². The van der Waals surface area contributed by atoms with E-state index in [1.807, 2.05) is 0 Å². The third-order valence-electron chi connectivity index (χ3n) is 2.49. The second-order valence-corrected chi connectivity index (χ2v) is 5.44. The molecule has 9 heteroatoms. The molecule has 0 saturated heterocycles. The van der Waals surface area contributed by atoms with Gasteiger partial charge in [-0.15, -0.1) is 11.3 Å². The number of hydrogen-bond donors (Lipinski definition) is 2. The lowest BCUT2D eigenvalue weighted by Gasteiger charge is -2.04. The molecule has 0 fully saturated rings. The summed E-state index contributed by atoms with van der Waals surface area (Å²) in [5, 5.41) is 11.7. The molecule has 2 aromatic rings. The molecule has 0 saturated carbocycles. The molecular formula is C12H9ClFN3O3S. The smallest absolute Gasteiger partial charge is 0.347 e. The lowest BCUT2D eigenvalue weighted by atomic mass is 10.2. The summed E-state index contributed by atoms with van der Waals surface area (Å²) in [4.78, 5) is 30.5. The molecule has 0 bridgehead atoms. The average Bonchev–Trinajstić information content (AvgIpc) is 2.80. The van der Waals surface area contributed by atoms with Crippen LogP contribution in [0.3, 0.4) is 0 Å². The van der Waals surface area contributed by atoms with Crippen molar-refractivity contribution in [1.29, 1.82) is 0 Å². The van der Waals surface area contributed by atoms with Crippen molar-refractivity contribution >= 4 is 34.8 Å². The van der Waals surface area contributed by atoms with Crippen LogP contribution in [0.25, 0.3) is 0 Å². The number of carboxylic acids is 1. The molecule has 0 aliphatic heterocycles. The van der Waals surface area contributed by atoms with Crippen LogP contribution < -0.4 is 5.32 Å². The molecule has 2 aromatic heterocycles. The van der Waals surface area contributed by atoms with Gasteiger partial charge in [0.25, 0.3) is 5.91 Å². The zero-order valence-corrected chi connectivity index (χ0v) is 12.3. The van der Waals surface area contributed by atoms with Crippen molar-refractivity contribution in [3.8, 4) is 0 Å². The number of carbonyl (C=O) groups excluding carboxylic acids is 1. The first-order valence-corrected chi connectivity index (χ1v) is 6.86. The number of aromatic carboxylic acids is 1. The fourth-order valence-corrected chi connectivity index (χ4v) is 2.59. The number of nitrogens with one attached hydrogen (secondary N) is 1. The summed E-state index contributed by atoms with van der Waals surface area (Å²) in [6.07, 6.45) is 0.905. The molecule has 0 unspecified atom stereocenters. The largest absolute Gasteiger partial charge is 0.477 e. The quantitative estimate of drug-likeness (QED) is 0.839. The fraction of sp³-hybridized carbons (Fsp3) is 0.167. The minimum Gasteiger partial charge on any atom is -0.477 e. The Bertz CT molecular complexity index is 720. The number of aromatic nitrogens is 2. The number of rotatable bonds is 4. The van der Waals surface area contributed by atoms with E-state index in [2.05, 4.69) is 15.3 Å². The van der Waals surface area contributed by atoms with Gasteiger partial charge in [0.1, 0.15) is 20.9 Å². The molecular weight excluding hydrogens is 321 g/mol. The van der Waals surface area contributed by atoms with Crippen molar-refractivity contribution in [1.82, 2.24) is 15.3 Å². The van der Waals surface area contributed by atoms with Crippen LogP contribution in [0.15, 0.2) is 12.3 Å². The molecule has 2 rings (SSSR count). The van der Waals surface area contributed by atoms with Gasteiger partial charge in [0.2, 0.25) is 0 Å². The van der Waals surface area contributed by atoms with Gasteiger partial charge < -0.3 is 10.4 Å². The third-order valence-corrected chi connectivity index (χ3v) is 3.93. The lowest BCUT2D eigenvalue weighted by Crippen LogP contribution is -2.23. The number of nitrogens with zero attached hydrogens (tertiary/aromatic N) is 2. The third kappa shape index (κ3) is 3.53. The molecule has 6 nitrogen and oxygen atoms in total. The van der Waals surface area contributed by atoms with Crippen LogP contribution in [0.4, 0.5) is 4.39 Å². The summed E-state index contributed by atoms with van der Waals surface area (Å²) in [7, 11) is 0. The van der Waals surface area contributed by atoms with Crippen molar-refractivity contribution in [3.05, 3.63) is 44.4 Å². The van der Waals surface area contributed by atoms with Crippen molar-refractivity contribution in [2.75, 3.05) is 0 Å². The Labute approximate surface area is 127 Å². The Morgan fingerprint density at radius 1 is 1.52 bits per heavy atom. The summed E-state index contributed by atoms with van der Waals surface area (Å²) < 4.78 is 13.0. The van der Waals surface area contributed by atoms with Gasteiger partial charge in [-0.25, -0.2) is 19.2 Å². The SMILES string of the molecule is Cc1nc(CNC(=O)c2cc(F)cnc2Cl)sc1C(=O)O. The highest BCUT2D eigenvalue weighted by molar-refractivity contribution is 7.13. The number of halogens is 2. The Kier molecular flexibility index (Phi) is 4.49. The normalized spacial score (nSPS) is 10.4. The zero-order chi connectivity index (χ0) is 15.6. The zero-order valence-electron chi connectivity index (χ0n) is 10.7. The number of carbonyl (C=O) groups is 2. The van der Waals surface area contributed by atoms with Gasteiger partial charge in [0.05, 0.1) is 24.0 Å². The van der Waals surface area contributed by atoms with Gasteiger partial charge in [-0.2, -0.15) is 0 Å². The first-order chi connectivity index (χ1) is 9.88. The van der Waals surface area contributed by atoms with Gasteiger partial charge in [-0.3, -0.25) is 4.79 Å². The molecule has 0 aliphatic rings. The topological polar surface area (TPSA) is 92.2 Å². The van der Waals surface area contributed by atoms with E-state index < -0.39 is 17.7 Å². The first-order valence-electron chi connectivity index (χ1n) is 5.67. The molecule has 0 aromatic carbocycles. The average molecular weight is 330 g/mol. The van der Waals surface area contributed by atoms with Crippen molar-refractivity contribution in [3.63, 3.8) is 0 Å². The predicted molar refractivity (Wildman–Crippen MR) is 74.2 cm³/mol. The monoisotopic (exact) mass is 329 g/mol. The highest BCUT2D eigenvalue weighted by Crippen LogP contribution is 2.18. The predicted octanol–water partition coefficient (Wildman–Crippen LogP) is 2.27. The molecule has 2 heterocycles. The first kappa shape index (κ1) is 15.3. The molecule has 0 atom stereocenters. The summed E-state index contributed by atoms with van der Waals surface area (Å²) in [6, 6.07) is 0.973. The maximum Gasteiger partial charge on any atom is 0.347 e. The summed E-state index contributed by atoms with van der Waals surface area (Å²) in [5.74, 6) is -2.36. The molecule has 0 radical (unpaired) electrons. The molecule has 1 amide bonds. The van der Waals surface area contributed by atoms with Gasteiger partial charge in [-0.05, 0) is 13.0 Å². The number of amides is 1. The molecule has 2 N–H and O–H groups in total. The van der Waals surface area contributed by atoms with Crippen LogP contribution in [-0.2, 0) is 6.54 Å². The van der Waals surface area contributed by atoms with Gasteiger partial charge in [0.15, 0.2) is 0 Å². The highest BCUT2D eigenvalue weighted by Gasteiger charge is 2.16. The lowest BCUT2D eigenvalue weighted by molar-refractivity contribution is 0.0701. The van der Waals surface area contributed by atoms with Gasteiger partial charge >= 0.3 is 5.97 Å². The van der Waals surface area contributed by atoms with E-state index in [9.17, 15) is 14.0 Å². The highest BCUT2D eigenvalue weighted by atomic mass is 35.5. The van der Waals surface area contributed by atoms with E-state index in [-0.39, 0.29) is 22.1 Å². The Hall–Kier alpha value is -2.06. The molecule has 110 valence electrons. The second-order valence-electron chi connectivity index (χ2n) is 4.00. The van der Waals surface area contributed by atoms with Gasteiger partial charge in [0, 0.05) is 0 Å². The van der Waals surface area contributed by atoms with Gasteiger partial charge in [-0.1, -0.05) is 11.6 Å². The van der Waals surface area contributed by atoms with Crippen LogP contribution >= 0.6 is 22.9 Å². The van der Waals surface area contributed by atoms with Crippen molar-refractivity contribution in [2.24, 2.45) is 0 Å². The minimum absolute atomic E-state index is 0.0183. The second kappa shape index (κ2) is 6.15. The van der Waals surface area contributed by atoms with E-state index in [1.165, 1.54) is 0 Å². The van der Waals surface area contributed by atoms with E-state index in [1.54, 1.807) is 6.92 Å². The maximum absolute atomic E-state index is 13.0. The van der Waals surface area contributed by atoms with Crippen LogP contribution in [0.2, 0.25) is 5.15 Å². The molecule has 0 aliphatic carbocycles. The Morgan fingerprint density at radius 2 is 2.24 bits per heavy atom. The minimum atomic E-state index is -1.07. The van der Waals surface area contributed by atoms with Crippen LogP contribution in [0.5, 0.6) is 0 Å². The summed E-state index contributed by atoms with van der Waals surface area (Å²) in [6.45, 7) is 1.59. The fourth-order valence-electron chi connectivity index (χ4n) is 1.56. The maximum atomic E-state index is 13.0. The number of thiazole rings is 1. The van der Waals surface area contributed by atoms with Crippen LogP contribution in [0.1, 0.15) is 30.7 Å². The van der Waals surface area contributed by atoms with Crippen molar-refractivity contribution < 1.29 is 19.1 Å². The standard InChI is InChI=1S/C12H9ClFN3O3S/c1-5-9(12(19)20)21-8(17-5)4-16-11(18)7-2-6(14)3-15-10(7)13/h2-3H,4H2,1H3,(H,16,18)(H,19,20). The van der Waals surface area contributed by atoms with Crippen LogP contribution in [-0.4, -0.2) is 27.0 Å². The molecule has 21 heavy (non-hydrogen) atoms.